The van der Waals surface area contributed by atoms with Crippen LogP contribution in [-0.4, -0.2) is 32.1 Å². The van der Waals surface area contributed by atoms with Crippen LogP contribution in [0.5, 0.6) is 0 Å². The third-order valence-electron chi connectivity index (χ3n) is 3.24. The van der Waals surface area contributed by atoms with Gasteiger partial charge in [-0.15, -0.1) is 0 Å². The number of hydrogen-bond acceptors (Lipinski definition) is 4. The summed E-state index contributed by atoms with van der Waals surface area (Å²) in [5, 5.41) is 12.0. The van der Waals surface area contributed by atoms with Crippen LogP contribution in [0, 0.1) is 5.92 Å². The maximum atomic E-state index is 12.2. The molecule has 0 saturated carbocycles. The van der Waals surface area contributed by atoms with Crippen molar-refractivity contribution >= 4 is 21.7 Å². The molecule has 2 unspecified atom stereocenters. The van der Waals surface area contributed by atoms with E-state index in [-0.39, 0.29) is 4.90 Å². The molecule has 7 heteroatoms. The van der Waals surface area contributed by atoms with Crippen molar-refractivity contribution in [2.75, 3.05) is 11.9 Å². The van der Waals surface area contributed by atoms with Crippen LogP contribution in [0.2, 0.25) is 0 Å². The monoisotopic (exact) mass is 314 g/mol. The molecule has 0 aliphatic rings. The third-order valence-corrected chi connectivity index (χ3v) is 4.76. The maximum absolute atomic E-state index is 12.2. The SMILES string of the molecule is CCCNS(=O)(=O)c1ccccc1NC(C)C(C)C(=O)O. The molecule has 21 heavy (non-hydrogen) atoms. The van der Waals surface area contributed by atoms with Gasteiger partial charge in [-0.05, 0) is 32.4 Å². The normalized spacial score (nSPS) is 14.4. The fraction of sp³-hybridized carbons (Fsp3) is 0.500. The van der Waals surface area contributed by atoms with Crippen LogP contribution in [0.15, 0.2) is 29.2 Å². The molecular formula is C14H22N2O4S. The van der Waals surface area contributed by atoms with Gasteiger partial charge in [-0.25, -0.2) is 13.1 Å². The van der Waals surface area contributed by atoms with E-state index in [0.29, 0.717) is 18.7 Å². The molecule has 0 aliphatic heterocycles. The molecule has 0 spiro atoms. The van der Waals surface area contributed by atoms with E-state index in [9.17, 15) is 13.2 Å². The zero-order chi connectivity index (χ0) is 16.0. The molecule has 0 heterocycles. The van der Waals surface area contributed by atoms with E-state index in [1.54, 1.807) is 32.0 Å². The first kappa shape index (κ1) is 17.5. The number of nitrogens with one attached hydrogen (secondary N) is 2. The van der Waals surface area contributed by atoms with Gasteiger partial charge in [0, 0.05) is 12.6 Å². The summed E-state index contributed by atoms with van der Waals surface area (Å²) < 4.78 is 27.0. The van der Waals surface area contributed by atoms with E-state index in [1.807, 2.05) is 6.92 Å². The van der Waals surface area contributed by atoms with Gasteiger partial charge < -0.3 is 10.4 Å². The predicted molar refractivity (Wildman–Crippen MR) is 81.8 cm³/mol. The topological polar surface area (TPSA) is 95.5 Å². The summed E-state index contributed by atoms with van der Waals surface area (Å²) >= 11 is 0. The molecule has 0 radical (unpaired) electrons. The van der Waals surface area contributed by atoms with Crippen LogP contribution >= 0.6 is 0 Å². The summed E-state index contributed by atoms with van der Waals surface area (Å²) in [6.07, 6.45) is 0.696. The zero-order valence-corrected chi connectivity index (χ0v) is 13.3. The Balaban J connectivity index is 3.02. The van der Waals surface area contributed by atoms with Crippen molar-refractivity contribution in [1.82, 2.24) is 4.72 Å². The Bertz CT molecular complexity index is 586. The van der Waals surface area contributed by atoms with Crippen molar-refractivity contribution in [3.63, 3.8) is 0 Å². The van der Waals surface area contributed by atoms with Crippen molar-refractivity contribution in [2.45, 2.75) is 38.1 Å². The van der Waals surface area contributed by atoms with Gasteiger partial charge in [0.1, 0.15) is 4.90 Å². The summed E-state index contributed by atoms with van der Waals surface area (Å²) in [6, 6.07) is 6.07. The summed E-state index contributed by atoms with van der Waals surface area (Å²) in [6.45, 7) is 5.52. The fourth-order valence-corrected chi connectivity index (χ4v) is 3.02. The highest BCUT2D eigenvalue weighted by Crippen LogP contribution is 2.22. The highest BCUT2D eigenvalue weighted by atomic mass is 32.2. The molecular weight excluding hydrogens is 292 g/mol. The van der Waals surface area contributed by atoms with Crippen LogP contribution in [-0.2, 0) is 14.8 Å². The second-order valence-electron chi connectivity index (χ2n) is 4.95. The molecule has 118 valence electrons. The second-order valence-corrected chi connectivity index (χ2v) is 6.69. The van der Waals surface area contributed by atoms with E-state index in [1.165, 1.54) is 6.07 Å². The molecule has 0 saturated heterocycles. The molecule has 1 aromatic rings. The predicted octanol–water partition coefficient (Wildman–Crippen LogP) is 1.90. The minimum atomic E-state index is -3.60. The number of hydrogen-bond donors (Lipinski definition) is 3. The summed E-state index contributed by atoms with van der Waals surface area (Å²) in [5.74, 6) is -1.57. The standard InChI is InChI=1S/C14H22N2O4S/c1-4-9-15-21(19,20)13-8-6-5-7-12(13)16-11(3)10(2)14(17)18/h5-8,10-11,15-16H,4,9H2,1-3H3,(H,17,18). The van der Waals surface area contributed by atoms with Crippen LogP contribution in [0.4, 0.5) is 5.69 Å². The average molecular weight is 314 g/mol. The Hall–Kier alpha value is -1.60. The van der Waals surface area contributed by atoms with E-state index >= 15 is 0 Å². The Morgan fingerprint density at radius 2 is 1.90 bits per heavy atom. The Morgan fingerprint density at radius 3 is 2.48 bits per heavy atom. The first-order valence-corrected chi connectivity index (χ1v) is 8.36. The summed E-state index contributed by atoms with van der Waals surface area (Å²) in [7, 11) is -3.60. The van der Waals surface area contributed by atoms with Gasteiger partial charge in [0.2, 0.25) is 10.0 Å². The third kappa shape index (κ3) is 4.71. The first-order chi connectivity index (χ1) is 9.79. The molecule has 0 amide bonds. The van der Waals surface area contributed by atoms with Crippen molar-refractivity contribution in [2.24, 2.45) is 5.92 Å². The van der Waals surface area contributed by atoms with Crippen LogP contribution < -0.4 is 10.0 Å². The highest BCUT2D eigenvalue weighted by Gasteiger charge is 2.23. The van der Waals surface area contributed by atoms with Crippen molar-refractivity contribution in [1.29, 1.82) is 0 Å². The zero-order valence-electron chi connectivity index (χ0n) is 12.5. The van der Waals surface area contributed by atoms with Crippen LogP contribution in [0.1, 0.15) is 27.2 Å². The molecule has 0 bridgehead atoms. The average Bonchev–Trinajstić information content (AvgIpc) is 2.44. The number of carbonyl (C=O) groups is 1. The Morgan fingerprint density at radius 1 is 1.29 bits per heavy atom. The Labute approximate surface area is 125 Å². The smallest absolute Gasteiger partial charge is 0.308 e. The van der Waals surface area contributed by atoms with Gasteiger partial charge >= 0.3 is 5.97 Å². The molecule has 0 fully saturated rings. The number of anilines is 1. The number of benzene rings is 1. The lowest BCUT2D eigenvalue weighted by Crippen LogP contribution is -2.31. The van der Waals surface area contributed by atoms with Gasteiger partial charge in [-0.3, -0.25) is 4.79 Å². The molecule has 1 rings (SSSR count). The molecule has 0 aliphatic carbocycles. The van der Waals surface area contributed by atoms with Gasteiger partial charge in [0.15, 0.2) is 0 Å². The van der Waals surface area contributed by atoms with Crippen molar-refractivity contribution in [3.8, 4) is 0 Å². The lowest BCUT2D eigenvalue weighted by molar-refractivity contribution is -0.141. The van der Waals surface area contributed by atoms with Gasteiger partial charge in [0.25, 0.3) is 0 Å². The maximum Gasteiger partial charge on any atom is 0.308 e. The summed E-state index contributed by atoms with van der Waals surface area (Å²) in [5.41, 5.74) is 0.404. The molecule has 0 aromatic heterocycles. The molecule has 3 N–H and O–H groups in total. The number of sulfonamides is 1. The van der Waals surface area contributed by atoms with Gasteiger partial charge in [-0.1, -0.05) is 19.1 Å². The fourth-order valence-electron chi connectivity index (χ4n) is 1.72. The number of para-hydroxylation sites is 1. The molecule has 2 atom stereocenters. The van der Waals surface area contributed by atoms with E-state index in [4.69, 9.17) is 5.11 Å². The van der Waals surface area contributed by atoms with E-state index < -0.39 is 28.0 Å². The quantitative estimate of drug-likeness (QED) is 0.681. The van der Waals surface area contributed by atoms with Crippen LogP contribution in [0.25, 0.3) is 0 Å². The highest BCUT2D eigenvalue weighted by molar-refractivity contribution is 7.89. The van der Waals surface area contributed by atoms with E-state index in [0.717, 1.165) is 0 Å². The van der Waals surface area contributed by atoms with Gasteiger partial charge in [0.05, 0.1) is 11.6 Å². The van der Waals surface area contributed by atoms with Crippen molar-refractivity contribution in [3.05, 3.63) is 24.3 Å². The number of carboxylic acids is 1. The number of rotatable bonds is 8. The molecule has 6 nitrogen and oxygen atoms in total. The Kier molecular flexibility index (Phi) is 6.17. The lowest BCUT2D eigenvalue weighted by atomic mass is 10.0. The first-order valence-electron chi connectivity index (χ1n) is 6.87. The lowest BCUT2D eigenvalue weighted by Gasteiger charge is -2.21. The molecule has 1 aromatic carbocycles. The minimum Gasteiger partial charge on any atom is -0.481 e. The van der Waals surface area contributed by atoms with Crippen molar-refractivity contribution < 1.29 is 18.3 Å². The second kappa shape index (κ2) is 7.42. The summed E-state index contributed by atoms with van der Waals surface area (Å²) in [4.78, 5) is 11.1. The number of carboxylic acid groups (broad SMARTS) is 1. The van der Waals surface area contributed by atoms with E-state index in [2.05, 4.69) is 10.0 Å². The largest absolute Gasteiger partial charge is 0.481 e. The minimum absolute atomic E-state index is 0.128. The van der Waals surface area contributed by atoms with Crippen LogP contribution in [0.3, 0.4) is 0 Å². The van der Waals surface area contributed by atoms with Gasteiger partial charge in [-0.2, -0.15) is 0 Å². The number of aliphatic carboxylic acids is 1.